The molecule has 378 valence electrons. The molecule has 1 aromatic carbocycles. The Bertz CT molecular complexity index is 1800. The molecule has 0 aromatic heterocycles. The molecule has 0 radical (unpaired) electrons. The quantitative estimate of drug-likeness (QED) is 0.0440. The van der Waals surface area contributed by atoms with E-state index in [1.165, 1.54) is 0 Å². The number of carboxylic acid groups (broad SMARTS) is 1. The van der Waals surface area contributed by atoms with Gasteiger partial charge in [-0.2, -0.15) is 0 Å². The second-order valence-corrected chi connectivity index (χ2v) is 18.6. The van der Waals surface area contributed by atoms with Crippen molar-refractivity contribution in [3.63, 3.8) is 0 Å². The van der Waals surface area contributed by atoms with Gasteiger partial charge in [-0.3, -0.25) is 38.4 Å². The minimum atomic E-state index is -1.54. The summed E-state index contributed by atoms with van der Waals surface area (Å²) in [5.41, 5.74) is 6.36. The Morgan fingerprint density at radius 3 is 1.40 bits per heavy atom. The molecule has 0 saturated heterocycles. The molecule has 13 N–H and O–H groups in total. The summed E-state index contributed by atoms with van der Waals surface area (Å²) in [5.74, 6) is -8.81. The summed E-state index contributed by atoms with van der Waals surface area (Å²) in [7, 11) is 0. The maximum absolute atomic E-state index is 14.0. The molecule has 21 nitrogen and oxygen atoms in total. The van der Waals surface area contributed by atoms with Gasteiger partial charge in [-0.05, 0) is 54.4 Å². The van der Waals surface area contributed by atoms with Crippen molar-refractivity contribution in [2.75, 3.05) is 19.8 Å². The van der Waals surface area contributed by atoms with Crippen LogP contribution in [0, 0.1) is 29.6 Å². The molecule has 0 aliphatic heterocycles. The number of hydrogen-bond acceptors (Lipinski definition) is 12. The molecule has 1 rings (SSSR count). The lowest BCUT2D eigenvalue weighted by Gasteiger charge is -2.28. The van der Waals surface area contributed by atoms with Gasteiger partial charge in [0.05, 0.1) is 19.8 Å². The Hall–Kier alpha value is -5.67. The first-order valence-corrected chi connectivity index (χ1v) is 23.0. The number of hydrogen-bond donors (Lipinski definition) is 12. The van der Waals surface area contributed by atoms with E-state index < -0.39 is 133 Å². The molecule has 21 heteroatoms. The summed E-state index contributed by atoms with van der Waals surface area (Å²) in [6.07, 6.45) is 0.820. The van der Waals surface area contributed by atoms with Crippen LogP contribution in [0.15, 0.2) is 30.3 Å². The number of amides is 8. The van der Waals surface area contributed by atoms with Crippen LogP contribution < -0.4 is 48.3 Å². The van der Waals surface area contributed by atoms with Crippen molar-refractivity contribution in [2.45, 2.75) is 150 Å². The number of carbonyl (C=O) groups is 9. The number of carbonyl (C=O) groups excluding carboxylic acids is 8. The molecule has 0 heterocycles. The summed E-state index contributed by atoms with van der Waals surface area (Å²) in [4.78, 5) is 119. The lowest BCUT2D eigenvalue weighted by Crippen LogP contribution is -2.60. The van der Waals surface area contributed by atoms with Crippen LogP contribution in [-0.4, -0.2) is 137 Å². The third-order valence-electron chi connectivity index (χ3n) is 10.8. The number of aliphatic hydroxyl groups excluding tert-OH is 2. The number of rotatable bonds is 30. The van der Waals surface area contributed by atoms with E-state index >= 15 is 0 Å². The molecule has 0 fully saturated rings. The molecule has 0 spiro atoms. The molecule has 9 atom stereocenters. The van der Waals surface area contributed by atoms with E-state index in [0.29, 0.717) is 12.0 Å². The number of nitrogens with two attached hydrogens (primary N) is 1. The van der Waals surface area contributed by atoms with Crippen LogP contribution in [-0.2, 0) is 49.6 Å². The van der Waals surface area contributed by atoms with Crippen LogP contribution in [0.5, 0.6) is 0 Å². The molecule has 0 aliphatic carbocycles. The van der Waals surface area contributed by atoms with Gasteiger partial charge in [0.15, 0.2) is 0 Å². The Labute approximate surface area is 394 Å². The first kappa shape index (κ1) is 59.3. The largest absolute Gasteiger partial charge is 0.480 e. The van der Waals surface area contributed by atoms with Crippen molar-refractivity contribution in [2.24, 2.45) is 35.3 Å². The van der Waals surface area contributed by atoms with Crippen LogP contribution in [0.3, 0.4) is 0 Å². The summed E-state index contributed by atoms with van der Waals surface area (Å²) in [6, 6.07) is -1.25. The van der Waals surface area contributed by atoms with E-state index in [2.05, 4.69) is 42.5 Å². The van der Waals surface area contributed by atoms with Gasteiger partial charge >= 0.3 is 5.97 Å². The number of carboxylic acids is 1. The van der Waals surface area contributed by atoms with E-state index in [0.717, 1.165) is 0 Å². The van der Waals surface area contributed by atoms with Crippen molar-refractivity contribution < 1.29 is 58.5 Å². The maximum atomic E-state index is 14.0. The Kier molecular flexibility index (Phi) is 26.5. The topological polar surface area (TPSA) is 337 Å². The normalized spacial score (nSPS) is 15.4. The zero-order valence-electron chi connectivity index (χ0n) is 40.6. The molecule has 0 bridgehead atoms. The third kappa shape index (κ3) is 21.7. The first-order valence-electron chi connectivity index (χ1n) is 23.0. The van der Waals surface area contributed by atoms with Crippen molar-refractivity contribution in [1.29, 1.82) is 0 Å². The summed E-state index contributed by atoms with van der Waals surface area (Å²) in [6.45, 7) is 15.4. The fourth-order valence-corrected chi connectivity index (χ4v) is 6.79. The van der Waals surface area contributed by atoms with Gasteiger partial charge in [0.2, 0.25) is 47.3 Å². The lowest BCUT2D eigenvalue weighted by atomic mass is 9.96. The molecule has 67 heavy (non-hydrogen) atoms. The molecular weight excluding hydrogens is 871 g/mol. The molecular formula is C46H77N9O12. The lowest BCUT2D eigenvalue weighted by molar-refractivity contribution is -0.144. The van der Waals surface area contributed by atoms with Gasteiger partial charge < -0.3 is 63.6 Å². The minimum Gasteiger partial charge on any atom is -0.480 e. The second-order valence-electron chi connectivity index (χ2n) is 18.6. The van der Waals surface area contributed by atoms with E-state index in [9.17, 15) is 58.5 Å². The predicted molar refractivity (Wildman–Crippen MR) is 249 cm³/mol. The fraction of sp³-hybridized carbons (Fsp3) is 0.674. The summed E-state index contributed by atoms with van der Waals surface area (Å²) in [5, 5.41) is 49.3. The molecule has 0 saturated carbocycles. The van der Waals surface area contributed by atoms with Crippen LogP contribution in [0.1, 0.15) is 100 Å². The Balaban J connectivity index is 3.25. The first-order chi connectivity index (χ1) is 31.3. The highest BCUT2D eigenvalue weighted by Crippen LogP contribution is 2.13. The van der Waals surface area contributed by atoms with Crippen LogP contribution in [0.2, 0.25) is 0 Å². The maximum Gasteiger partial charge on any atom is 0.326 e. The zero-order chi connectivity index (χ0) is 51.1. The number of nitrogens with one attached hydrogen (secondary N) is 8. The van der Waals surface area contributed by atoms with Gasteiger partial charge in [0.25, 0.3) is 0 Å². The summed E-state index contributed by atoms with van der Waals surface area (Å²) >= 11 is 0. The van der Waals surface area contributed by atoms with Gasteiger partial charge in [0.1, 0.15) is 48.3 Å². The smallest absolute Gasteiger partial charge is 0.326 e. The fourth-order valence-electron chi connectivity index (χ4n) is 6.79. The SMILES string of the molecule is CC[C@H](C)[C@H](NC(=O)CNC(=O)[C@H](CC(C)C)NC(=O)[C@H](Cc1ccccc1)NC(=O)[C@H](CC(C)C)NC(=O)[C@@H](N)CO)C(=O)N[C@@H](CC(C)C)C(=O)N[C@@H](CO)C(=O)N[C@H](C(=O)O)C(C)C. The second kappa shape index (κ2) is 29.9. The van der Waals surface area contributed by atoms with Gasteiger partial charge in [-0.1, -0.05) is 106 Å². The van der Waals surface area contributed by atoms with E-state index in [1.807, 2.05) is 27.7 Å². The standard InChI is InChI=1S/C46H77N9O12/c1-11-28(10)38(45(65)52-33(19-26(6)7)42(62)53-35(23-57)44(64)55-37(27(8)9)46(66)67)54-36(58)21-48-40(60)31(17-24(2)3)50-43(63)34(20-29-15-13-12-14-16-29)51-41(61)32(18-25(4)5)49-39(59)30(47)22-56/h12-16,24-28,30-35,37-38,56-57H,11,17-23,47H2,1-10H3,(H,48,60)(H,49,59)(H,50,63)(H,51,61)(H,52,65)(H,53,62)(H,54,58)(H,55,64)(H,66,67)/t28-,30-,31-,32-,33-,34-,35-,37-,38-/m0/s1. The molecule has 0 unspecified atom stereocenters. The number of aliphatic carboxylic acids is 1. The highest BCUT2D eigenvalue weighted by Gasteiger charge is 2.35. The average Bonchev–Trinajstić information content (AvgIpc) is 3.25. The number of benzene rings is 1. The van der Waals surface area contributed by atoms with Crippen molar-refractivity contribution in [3.8, 4) is 0 Å². The van der Waals surface area contributed by atoms with E-state index in [-0.39, 0.29) is 43.4 Å². The van der Waals surface area contributed by atoms with Crippen molar-refractivity contribution in [1.82, 2.24) is 42.5 Å². The third-order valence-corrected chi connectivity index (χ3v) is 10.8. The van der Waals surface area contributed by atoms with Crippen LogP contribution in [0.25, 0.3) is 0 Å². The minimum absolute atomic E-state index is 0.0109. The molecule has 1 aromatic rings. The van der Waals surface area contributed by atoms with Crippen LogP contribution in [0.4, 0.5) is 0 Å². The highest BCUT2D eigenvalue weighted by molar-refractivity contribution is 5.97. The van der Waals surface area contributed by atoms with Gasteiger partial charge in [0, 0.05) is 6.42 Å². The van der Waals surface area contributed by atoms with Crippen LogP contribution >= 0.6 is 0 Å². The van der Waals surface area contributed by atoms with Gasteiger partial charge in [-0.15, -0.1) is 0 Å². The Morgan fingerprint density at radius 1 is 0.522 bits per heavy atom. The summed E-state index contributed by atoms with van der Waals surface area (Å²) < 4.78 is 0. The number of aliphatic hydroxyl groups is 2. The molecule has 8 amide bonds. The Morgan fingerprint density at radius 2 is 0.955 bits per heavy atom. The monoisotopic (exact) mass is 948 g/mol. The van der Waals surface area contributed by atoms with Crippen molar-refractivity contribution in [3.05, 3.63) is 35.9 Å². The van der Waals surface area contributed by atoms with E-state index in [1.54, 1.807) is 71.9 Å². The zero-order valence-corrected chi connectivity index (χ0v) is 40.6. The van der Waals surface area contributed by atoms with Crippen molar-refractivity contribution >= 4 is 53.2 Å². The predicted octanol–water partition coefficient (Wildman–Crippen LogP) is -1.02. The van der Waals surface area contributed by atoms with Gasteiger partial charge in [-0.25, -0.2) is 4.79 Å². The average molecular weight is 948 g/mol. The van der Waals surface area contributed by atoms with E-state index in [4.69, 9.17) is 5.73 Å². The molecule has 0 aliphatic rings. The highest BCUT2D eigenvalue weighted by atomic mass is 16.4.